The topological polar surface area (TPSA) is 68.3 Å². The van der Waals surface area contributed by atoms with Crippen LogP contribution in [0, 0.1) is 5.41 Å². The Morgan fingerprint density at radius 3 is 2.56 bits per heavy atom. The van der Waals surface area contributed by atoms with E-state index in [9.17, 15) is 21.6 Å². The molecule has 0 unspecified atom stereocenters. The van der Waals surface area contributed by atoms with Crippen molar-refractivity contribution in [1.29, 1.82) is 0 Å². The van der Waals surface area contributed by atoms with E-state index < -0.39 is 27.0 Å². The standard InChI is InChI=1S/C18H21F3N2O3S/c1-27(24,25)12-17(5-8-26-9-6-17)11-23-15-4-7-22-16-10-13(18(19,20)21)2-3-14(15)16/h2-4,7,10H,5-6,8-9,11-12H2,1H3,(H,22,23). The minimum absolute atomic E-state index is 0.0393. The van der Waals surface area contributed by atoms with Gasteiger partial charge in [-0.05, 0) is 31.0 Å². The maximum atomic E-state index is 12.9. The number of sulfone groups is 1. The van der Waals surface area contributed by atoms with E-state index in [2.05, 4.69) is 10.3 Å². The first-order chi connectivity index (χ1) is 12.6. The van der Waals surface area contributed by atoms with Crippen molar-refractivity contribution >= 4 is 26.4 Å². The molecule has 0 radical (unpaired) electrons. The van der Waals surface area contributed by atoms with Crippen LogP contribution in [0.25, 0.3) is 10.9 Å². The van der Waals surface area contributed by atoms with Gasteiger partial charge in [-0.2, -0.15) is 13.2 Å². The maximum absolute atomic E-state index is 12.9. The molecule has 0 atom stereocenters. The molecule has 9 heteroatoms. The average Bonchev–Trinajstić information content (AvgIpc) is 2.58. The molecule has 0 aliphatic carbocycles. The molecular weight excluding hydrogens is 381 g/mol. The molecule has 0 spiro atoms. The molecule has 1 saturated heterocycles. The third kappa shape index (κ3) is 4.90. The van der Waals surface area contributed by atoms with Crippen LogP contribution in [-0.4, -0.2) is 45.2 Å². The number of benzene rings is 1. The minimum atomic E-state index is -4.43. The first kappa shape index (κ1) is 19.9. The number of nitrogens with one attached hydrogen (secondary N) is 1. The molecular formula is C18H21F3N2O3S. The lowest BCUT2D eigenvalue weighted by Gasteiger charge is -2.37. The van der Waals surface area contributed by atoms with Gasteiger partial charge in [-0.3, -0.25) is 4.98 Å². The van der Waals surface area contributed by atoms with E-state index in [1.54, 1.807) is 6.07 Å². The summed E-state index contributed by atoms with van der Waals surface area (Å²) in [5.74, 6) is 0.0393. The van der Waals surface area contributed by atoms with Gasteiger partial charge in [0, 0.05) is 48.7 Å². The average molecular weight is 402 g/mol. The Labute approximate surface area is 155 Å². The predicted octanol–water partition coefficient (Wildman–Crippen LogP) is 3.51. The summed E-state index contributed by atoms with van der Waals surface area (Å²) < 4.78 is 67.8. The Morgan fingerprint density at radius 1 is 1.22 bits per heavy atom. The van der Waals surface area contributed by atoms with Gasteiger partial charge in [-0.1, -0.05) is 6.07 Å². The summed E-state index contributed by atoms with van der Waals surface area (Å²) in [6, 6.07) is 5.11. The number of aromatic nitrogens is 1. The smallest absolute Gasteiger partial charge is 0.384 e. The molecule has 2 heterocycles. The van der Waals surface area contributed by atoms with Crippen molar-refractivity contribution in [1.82, 2.24) is 4.98 Å². The third-order valence-corrected chi connectivity index (χ3v) is 5.98. The number of hydrogen-bond acceptors (Lipinski definition) is 5. The van der Waals surface area contributed by atoms with Crippen LogP contribution in [0.4, 0.5) is 18.9 Å². The van der Waals surface area contributed by atoms with E-state index >= 15 is 0 Å². The van der Waals surface area contributed by atoms with Gasteiger partial charge < -0.3 is 10.1 Å². The van der Waals surface area contributed by atoms with Crippen LogP contribution in [0.5, 0.6) is 0 Å². The van der Waals surface area contributed by atoms with E-state index in [1.165, 1.54) is 18.5 Å². The number of alkyl halides is 3. The van der Waals surface area contributed by atoms with E-state index in [1.807, 2.05) is 0 Å². The second-order valence-corrected chi connectivity index (χ2v) is 9.26. The number of hydrogen-bond donors (Lipinski definition) is 1. The summed E-state index contributed by atoms with van der Waals surface area (Å²) in [7, 11) is -3.18. The van der Waals surface area contributed by atoms with Gasteiger partial charge >= 0.3 is 6.18 Å². The van der Waals surface area contributed by atoms with Crippen molar-refractivity contribution in [3.8, 4) is 0 Å². The van der Waals surface area contributed by atoms with E-state index in [-0.39, 0.29) is 11.3 Å². The lowest BCUT2D eigenvalue weighted by Crippen LogP contribution is -2.41. The van der Waals surface area contributed by atoms with Crippen molar-refractivity contribution < 1.29 is 26.3 Å². The van der Waals surface area contributed by atoms with Gasteiger partial charge in [-0.25, -0.2) is 8.42 Å². The summed E-state index contributed by atoms with van der Waals surface area (Å²) in [5, 5.41) is 3.80. The molecule has 148 valence electrons. The van der Waals surface area contributed by atoms with E-state index in [0.717, 1.165) is 12.1 Å². The highest BCUT2D eigenvalue weighted by atomic mass is 32.2. The van der Waals surface area contributed by atoms with Gasteiger partial charge in [-0.15, -0.1) is 0 Å². The van der Waals surface area contributed by atoms with Crippen molar-refractivity contribution in [3.63, 3.8) is 0 Å². The largest absolute Gasteiger partial charge is 0.416 e. The summed E-state index contributed by atoms with van der Waals surface area (Å²) in [5.41, 5.74) is -0.349. The van der Waals surface area contributed by atoms with Crippen molar-refractivity contribution in [3.05, 3.63) is 36.0 Å². The Balaban J connectivity index is 1.87. The summed E-state index contributed by atoms with van der Waals surface area (Å²) >= 11 is 0. The number of ether oxygens (including phenoxy) is 1. The molecule has 0 bridgehead atoms. The van der Waals surface area contributed by atoms with Crippen molar-refractivity contribution in [2.24, 2.45) is 5.41 Å². The zero-order valence-electron chi connectivity index (χ0n) is 14.8. The number of anilines is 1. The van der Waals surface area contributed by atoms with E-state index in [4.69, 9.17) is 4.74 Å². The zero-order chi connectivity index (χ0) is 19.7. The molecule has 2 aromatic rings. The highest BCUT2D eigenvalue weighted by Crippen LogP contribution is 2.35. The number of halogens is 3. The lowest BCUT2D eigenvalue weighted by molar-refractivity contribution is -0.137. The molecule has 1 aromatic heterocycles. The summed E-state index contributed by atoms with van der Waals surface area (Å²) in [6.07, 6.45) is -0.563. The fourth-order valence-electron chi connectivity index (χ4n) is 3.49. The zero-order valence-corrected chi connectivity index (χ0v) is 15.7. The Bertz CT molecular complexity index is 923. The molecule has 0 amide bonds. The molecule has 0 saturated carbocycles. The molecule has 27 heavy (non-hydrogen) atoms. The van der Waals surface area contributed by atoms with Gasteiger partial charge in [0.05, 0.1) is 16.8 Å². The first-order valence-electron chi connectivity index (χ1n) is 8.53. The van der Waals surface area contributed by atoms with Gasteiger partial charge in [0.25, 0.3) is 0 Å². The molecule has 1 aliphatic heterocycles. The van der Waals surface area contributed by atoms with E-state index in [0.29, 0.717) is 43.7 Å². The monoisotopic (exact) mass is 402 g/mol. The van der Waals surface area contributed by atoms with Crippen LogP contribution in [-0.2, 0) is 20.8 Å². The molecule has 3 rings (SSSR count). The van der Waals surface area contributed by atoms with Crippen LogP contribution in [0.15, 0.2) is 30.5 Å². The number of pyridine rings is 1. The summed E-state index contributed by atoms with van der Waals surface area (Å²) in [6.45, 7) is 1.37. The molecule has 5 nitrogen and oxygen atoms in total. The van der Waals surface area contributed by atoms with Crippen LogP contribution < -0.4 is 5.32 Å². The quantitative estimate of drug-likeness (QED) is 0.829. The number of fused-ring (bicyclic) bond motifs is 1. The highest BCUT2D eigenvalue weighted by molar-refractivity contribution is 7.90. The van der Waals surface area contributed by atoms with Gasteiger partial charge in [0.1, 0.15) is 9.84 Å². The second kappa shape index (κ2) is 7.27. The number of nitrogens with zero attached hydrogens (tertiary/aromatic N) is 1. The Kier molecular flexibility index (Phi) is 5.36. The minimum Gasteiger partial charge on any atom is -0.384 e. The lowest BCUT2D eigenvalue weighted by atomic mass is 9.82. The van der Waals surface area contributed by atoms with Crippen LogP contribution in [0.1, 0.15) is 18.4 Å². The van der Waals surface area contributed by atoms with Crippen molar-refractivity contribution in [2.75, 3.05) is 37.1 Å². The van der Waals surface area contributed by atoms with Crippen LogP contribution >= 0.6 is 0 Å². The van der Waals surface area contributed by atoms with Crippen LogP contribution in [0.2, 0.25) is 0 Å². The molecule has 1 N–H and O–H groups in total. The van der Waals surface area contributed by atoms with Crippen molar-refractivity contribution in [2.45, 2.75) is 19.0 Å². The molecule has 1 aliphatic rings. The highest BCUT2D eigenvalue weighted by Gasteiger charge is 2.36. The predicted molar refractivity (Wildman–Crippen MR) is 97.4 cm³/mol. The normalized spacial score (nSPS) is 17.8. The second-order valence-electron chi connectivity index (χ2n) is 7.12. The third-order valence-electron chi connectivity index (χ3n) is 4.85. The Hall–Kier alpha value is -1.87. The maximum Gasteiger partial charge on any atom is 0.416 e. The fourth-order valence-corrected chi connectivity index (χ4v) is 5.00. The first-order valence-corrected chi connectivity index (χ1v) is 10.6. The van der Waals surface area contributed by atoms with Gasteiger partial charge in [0.15, 0.2) is 0 Å². The van der Waals surface area contributed by atoms with Crippen LogP contribution in [0.3, 0.4) is 0 Å². The molecule has 1 fully saturated rings. The fraction of sp³-hybridized carbons (Fsp3) is 0.500. The van der Waals surface area contributed by atoms with Gasteiger partial charge in [0.2, 0.25) is 0 Å². The Morgan fingerprint density at radius 2 is 1.93 bits per heavy atom. The number of rotatable bonds is 5. The molecule has 1 aromatic carbocycles. The SMILES string of the molecule is CS(=O)(=O)CC1(CNc2ccnc3cc(C(F)(F)F)ccc23)CCOCC1. The summed E-state index contributed by atoms with van der Waals surface area (Å²) in [4.78, 5) is 4.03.